The van der Waals surface area contributed by atoms with Crippen LogP contribution in [0.4, 0.5) is 15.1 Å². The second kappa shape index (κ2) is 6.83. The van der Waals surface area contributed by atoms with Crippen LogP contribution < -0.4 is 15.8 Å². The minimum atomic E-state index is -0.921. The van der Waals surface area contributed by atoms with Gasteiger partial charge in [-0.15, -0.1) is 10.2 Å². The van der Waals surface area contributed by atoms with E-state index >= 15 is 0 Å². The first-order valence-corrected chi connectivity index (χ1v) is 7.71. The standard InChI is InChI=1S/C17H16FN5O4/c1-8-4-3-5-10(14(8)18)23-15(21-22-17(23)20-16(19)26)9-6-13(27-2)12(25)7-11(9)24/h3-7,24-25H,1-2H3,(H3,19,20,22,26). The normalized spacial score (nSPS) is 10.6. The molecule has 0 aliphatic heterocycles. The molecule has 0 bridgehead atoms. The number of carbonyl (C=O) groups is 1. The Bertz CT molecular complexity index is 1030. The lowest BCUT2D eigenvalue weighted by Crippen LogP contribution is -2.22. The number of aromatic nitrogens is 3. The Labute approximate surface area is 152 Å². The number of phenolic OH excluding ortho intramolecular Hbond substituents is 2. The lowest BCUT2D eigenvalue weighted by molar-refractivity contribution is 0.259. The van der Waals surface area contributed by atoms with Gasteiger partial charge in [0.25, 0.3) is 0 Å². The van der Waals surface area contributed by atoms with Crippen LogP contribution in [0.25, 0.3) is 17.1 Å². The average molecular weight is 373 g/mol. The number of amides is 2. The zero-order valence-corrected chi connectivity index (χ0v) is 14.4. The van der Waals surface area contributed by atoms with Gasteiger partial charge < -0.3 is 20.7 Å². The third-order valence-corrected chi connectivity index (χ3v) is 3.85. The summed E-state index contributed by atoms with van der Waals surface area (Å²) < 4.78 is 21.0. The Hall–Kier alpha value is -3.82. The molecule has 140 valence electrons. The maximum Gasteiger partial charge on any atom is 0.319 e. The number of hydrogen-bond donors (Lipinski definition) is 4. The van der Waals surface area contributed by atoms with Crippen molar-refractivity contribution in [2.45, 2.75) is 6.92 Å². The second-order valence-electron chi connectivity index (χ2n) is 5.62. The maximum atomic E-state index is 14.7. The highest BCUT2D eigenvalue weighted by atomic mass is 19.1. The van der Waals surface area contributed by atoms with Crippen LogP contribution in [-0.2, 0) is 0 Å². The number of anilines is 1. The molecule has 1 aromatic heterocycles. The van der Waals surface area contributed by atoms with Gasteiger partial charge in [0.1, 0.15) is 11.6 Å². The lowest BCUT2D eigenvalue weighted by Gasteiger charge is -2.14. The molecule has 0 aliphatic rings. The molecule has 0 aliphatic carbocycles. The van der Waals surface area contributed by atoms with Gasteiger partial charge in [0.15, 0.2) is 17.3 Å². The van der Waals surface area contributed by atoms with Crippen molar-refractivity contribution >= 4 is 12.0 Å². The molecule has 5 N–H and O–H groups in total. The fourth-order valence-corrected chi connectivity index (χ4v) is 2.58. The molecule has 0 atom stereocenters. The van der Waals surface area contributed by atoms with Gasteiger partial charge in [-0.2, -0.15) is 0 Å². The highest BCUT2D eigenvalue weighted by molar-refractivity contribution is 5.87. The molecule has 2 aromatic carbocycles. The number of nitrogens with zero attached hydrogens (tertiary/aromatic N) is 3. The van der Waals surface area contributed by atoms with Crippen LogP contribution in [0.1, 0.15) is 5.56 Å². The van der Waals surface area contributed by atoms with Gasteiger partial charge in [0, 0.05) is 6.07 Å². The van der Waals surface area contributed by atoms with E-state index in [9.17, 15) is 19.4 Å². The third kappa shape index (κ3) is 3.19. The molecular formula is C17H16FN5O4. The first-order chi connectivity index (χ1) is 12.8. The van der Waals surface area contributed by atoms with Crippen LogP contribution in [0.15, 0.2) is 30.3 Å². The Morgan fingerprint density at radius 2 is 2.00 bits per heavy atom. The topological polar surface area (TPSA) is 136 Å². The highest BCUT2D eigenvalue weighted by Gasteiger charge is 2.23. The number of carbonyl (C=O) groups excluding carboxylic acids is 1. The minimum Gasteiger partial charge on any atom is -0.507 e. The summed E-state index contributed by atoms with van der Waals surface area (Å²) in [7, 11) is 1.33. The van der Waals surface area contributed by atoms with Gasteiger partial charge in [-0.3, -0.25) is 9.88 Å². The molecule has 0 fully saturated rings. The molecular weight excluding hydrogens is 357 g/mol. The summed E-state index contributed by atoms with van der Waals surface area (Å²) in [6.45, 7) is 1.57. The zero-order valence-electron chi connectivity index (χ0n) is 14.4. The van der Waals surface area contributed by atoms with Crippen LogP contribution >= 0.6 is 0 Å². The van der Waals surface area contributed by atoms with Crippen molar-refractivity contribution in [3.05, 3.63) is 41.7 Å². The Morgan fingerprint density at radius 1 is 1.26 bits per heavy atom. The summed E-state index contributed by atoms with van der Waals surface area (Å²) in [4.78, 5) is 11.3. The van der Waals surface area contributed by atoms with E-state index in [1.54, 1.807) is 19.1 Å². The number of halogens is 1. The largest absolute Gasteiger partial charge is 0.507 e. The molecule has 3 rings (SSSR count). The molecule has 1 heterocycles. The fraction of sp³-hybridized carbons (Fsp3) is 0.118. The Kier molecular flexibility index (Phi) is 4.55. The first kappa shape index (κ1) is 18.0. The number of aromatic hydroxyl groups is 2. The number of aryl methyl sites for hydroxylation is 1. The predicted molar refractivity (Wildman–Crippen MR) is 94.6 cm³/mol. The van der Waals surface area contributed by atoms with Crippen molar-refractivity contribution in [1.82, 2.24) is 14.8 Å². The summed E-state index contributed by atoms with van der Waals surface area (Å²) in [5.74, 6) is -1.29. The van der Waals surface area contributed by atoms with Gasteiger partial charge in [0.05, 0.1) is 18.4 Å². The van der Waals surface area contributed by atoms with Crippen LogP contribution in [0.3, 0.4) is 0 Å². The van der Waals surface area contributed by atoms with Crippen LogP contribution in [0.5, 0.6) is 17.2 Å². The van der Waals surface area contributed by atoms with E-state index in [4.69, 9.17) is 10.5 Å². The number of hydrogen-bond acceptors (Lipinski definition) is 6. The fourth-order valence-electron chi connectivity index (χ4n) is 2.58. The number of primary amides is 1. The number of nitrogens with two attached hydrogens (primary N) is 1. The molecule has 0 saturated carbocycles. The Morgan fingerprint density at radius 3 is 2.67 bits per heavy atom. The Balaban J connectivity index is 2.31. The summed E-state index contributed by atoms with van der Waals surface area (Å²) in [6.07, 6.45) is 0. The van der Waals surface area contributed by atoms with Crippen molar-refractivity contribution in [2.24, 2.45) is 5.73 Å². The van der Waals surface area contributed by atoms with Crippen molar-refractivity contribution in [3.8, 4) is 34.3 Å². The molecule has 9 nitrogen and oxygen atoms in total. The number of benzene rings is 2. The summed E-state index contributed by atoms with van der Waals surface area (Å²) >= 11 is 0. The molecule has 2 amide bonds. The molecule has 0 unspecified atom stereocenters. The van der Waals surface area contributed by atoms with E-state index < -0.39 is 11.8 Å². The van der Waals surface area contributed by atoms with E-state index in [2.05, 4.69) is 15.5 Å². The van der Waals surface area contributed by atoms with Crippen LogP contribution in [0.2, 0.25) is 0 Å². The molecule has 3 aromatic rings. The molecule has 10 heteroatoms. The second-order valence-corrected chi connectivity index (χ2v) is 5.62. The van der Waals surface area contributed by atoms with Gasteiger partial charge in [0.2, 0.25) is 5.95 Å². The lowest BCUT2D eigenvalue weighted by atomic mass is 10.1. The number of nitrogens with one attached hydrogen (secondary N) is 1. The van der Waals surface area contributed by atoms with Crippen molar-refractivity contribution in [3.63, 3.8) is 0 Å². The van der Waals surface area contributed by atoms with Gasteiger partial charge in [-0.1, -0.05) is 12.1 Å². The van der Waals surface area contributed by atoms with E-state index in [-0.39, 0.29) is 40.3 Å². The van der Waals surface area contributed by atoms with E-state index in [0.29, 0.717) is 5.56 Å². The average Bonchev–Trinajstić information content (AvgIpc) is 3.00. The third-order valence-electron chi connectivity index (χ3n) is 3.85. The van der Waals surface area contributed by atoms with E-state index in [1.807, 2.05) is 0 Å². The van der Waals surface area contributed by atoms with Crippen molar-refractivity contribution < 1.29 is 24.1 Å². The van der Waals surface area contributed by atoms with Gasteiger partial charge >= 0.3 is 6.03 Å². The summed E-state index contributed by atoms with van der Waals surface area (Å²) in [6, 6.07) is 6.09. The quantitative estimate of drug-likeness (QED) is 0.554. The minimum absolute atomic E-state index is 0.000880. The first-order valence-electron chi connectivity index (χ1n) is 7.71. The molecule has 0 radical (unpaired) electrons. The number of methoxy groups -OCH3 is 1. The molecule has 0 saturated heterocycles. The molecule has 27 heavy (non-hydrogen) atoms. The number of rotatable bonds is 4. The SMILES string of the molecule is COc1cc(-c2nnc(NC(N)=O)n2-c2cccc(C)c2F)c(O)cc1O. The van der Waals surface area contributed by atoms with Gasteiger partial charge in [-0.25, -0.2) is 9.18 Å². The van der Waals surface area contributed by atoms with Gasteiger partial charge in [-0.05, 0) is 24.6 Å². The number of urea groups is 1. The zero-order chi connectivity index (χ0) is 19.7. The number of phenols is 2. The summed E-state index contributed by atoms with van der Waals surface area (Å²) in [5, 5.41) is 30.1. The summed E-state index contributed by atoms with van der Waals surface area (Å²) in [5.41, 5.74) is 5.63. The van der Waals surface area contributed by atoms with E-state index in [1.165, 1.54) is 23.8 Å². The monoisotopic (exact) mass is 373 g/mol. The van der Waals surface area contributed by atoms with Crippen molar-refractivity contribution in [2.75, 3.05) is 12.4 Å². The smallest absolute Gasteiger partial charge is 0.319 e. The predicted octanol–water partition coefficient (Wildman–Crippen LogP) is 2.29. The highest BCUT2D eigenvalue weighted by Crippen LogP contribution is 2.39. The van der Waals surface area contributed by atoms with Crippen molar-refractivity contribution in [1.29, 1.82) is 0 Å². The van der Waals surface area contributed by atoms with Crippen LogP contribution in [-0.4, -0.2) is 38.1 Å². The van der Waals surface area contributed by atoms with E-state index in [0.717, 1.165) is 6.07 Å². The maximum absolute atomic E-state index is 14.7. The van der Waals surface area contributed by atoms with Crippen LogP contribution in [0, 0.1) is 12.7 Å². The number of ether oxygens (including phenoxy) is 1. The molecule has 0 spiro atoms.